The Balaban J connectivity index is 1.82. The van der Waals surface area contributed by atoms with Crippen LogP contribution < -0.4 is 10.6 Å². The zero-order valence-corrected chi connectivity index (χ0v) is 13.0. The third-order valence-corrected chi connectivity index (χ3v) is 3.94. The SMILES string of the molecule is O=C(NCc1ccccc1Cl)NCc1ccccc1Br. The first-order valence-electron chi connectivity index (χ1n) is 6.15. The Bertz CT molecular complexity index is 552. The summed E-state index contributed by atoms with van der Waals surface area (Å²) in [5.41, 5.74) is 1.92. The first kappa shape index (κ1) is 14.9. The zero-order chi connectivity index (χ0) is 14.4. The van der Waals surface area contributed by atoms with E-state index in [0.717, 1.165) is 15.6 Å². The molecule has 0 radical (unpaired) electrons. The van der Waals surface area contributed by atoms with Crippen LogP contribution in [0.25, 0.3) is 0 Å². The molecule has 0 bridgehead atoms. The number of benzene rings is 2. The van der Waals surface area contributed by atoms with E-state index in [1.807, 2.05) is 42.5 Å². The van der Waals surface area contributed by atoms with Crippen LogP contribution in [0.5, 0.6) is 0 Å². The molecule has 0 aromatic heterocycles. The summed E-state index contributed by atoms with van der Waals surface area (Å²) in [5, 5.41) is 6.24. The highest BCUT2D eigenvalue weighted by Gasteiger charge is 2.04. The molecule has 0 aliphatic rings. The topological polar surface area (TPSA) is 41.1 Å². The molecule has 104 valence electrons. The van der Waals surface area contributed by atoms with Gasteiger partial charge in [0.15, 0.2) is 0 Å². The predicted octanol–water partition coefficient (Wildman–Crippen LogP) is 4.10. The van der Waals surface area contributed by atoms with Gasteiger partial charge >= 0.3 is 6.03 Å². The van der Waals surface area contributed by atoms with E-state index in [-0.39, 0.29) is 6.03 Å². The normalized spacial score (nSPS) is 10.1. The molecule has 2 amide bonds. The van der Waals surface area contributed by atoms with Crippen LogP contribution in [0.1, 0.15) is 11.1 Å². The van der Waals surface area contributed by atoms with Crippen LogP contribution >= 0.6 is 27.5 Å². The predicted molar refractivity (Wildman–Crippen MR) is 84.7 cm³/mol. The van der Waals surface area contributed by atoms with Crippen LogP contribution in [0, 0.1) is 0 Å². The van der Waals surface area contributed by atoms with Crippen LogP contribution in [0.2, 0.25) is 5.02 Å². The fourth-order valence-electron chi connectivity index (χ4n) is 1.70. The molecule has 0 saturated heterocycles. The molecule has 0 spiro atoms. The second-order valence-corrected chi connectivity index (χ2v) is 5.48. The fourth-order valence-corrected chi connectivity index (χ4v) is 2.32. The highest BCUT2D eigenvalue weighted by atomic mass is 79.9. The molecule has 0 saturated carbocycles. The Morgan fingerprint density at radius 3 is 2.15 bits per heavy atom. The number of carbonyl (C=O) groups is 1. The lowest BCUT2D eigenvalue weighted by atomic mass is 10.2. The van der Waals surface area contributed by atoms with E-state index in [0.29, 0.717) is 18.1 Å². The number of rotatable bonds is 4. The van der Waals surface area contributed by atoms with Crippen LogP contribution in [0.15, 0.2) is 53.0 Å². The summed E-state index contributed by atoms with van der Waals surface area (Å²) in [4.78, 5) is 11.7. The molecule has 0 aliphatic heterocycles. The summed E-state index contributed by atoms with van der Waals surface area (Å²) in [6, 6.07) is 15.0. The number of nitrogens with one attached hydrogen (secondary N) is 2. The summed E-state index contributed by atoms with van der Waals surface area (Å²) in [6.07, 6.45) is 0. The molecule has 0 unspecified atom stereocenters. The monoisotopic (exact) mass is 352 g/mol. The van der Waals surface area contributed by atoms with Crippen molar-refractivity contribution in [2.24, 2.45) is 0 Å². The second kappa shape index (κ2) is 7.31. The summed E-state index contributed by atoms with van der Waals surface area (Å²) in [6.45, 7) is 0.872. The van der Waals surface area contributed by atoms with Crippen molar-refractivity contribution in [3.8, 4) is 0 Å². The minimum atomic E-state index is -0.222. The summed E-state index contributed by atoms with van der Waals surface area (Å²) in [5.74, 6) is 0. The third-order valence-electron chi connectivity index (χ3n) is 2.79. The lowest BCUT2D eigenvalue weighted by molar-refractivity contribution is 0.240. The van der Waals surface area contributed by atoms with Gasteiger partial charge in [0, 0.05) is 22.6 Å². The van der Waals surface area contributed by atoms with E-state index in [1.165, 1.54) is 0 Å². The molecule has 0 heterocycles. The smallest absolute Gasteiger partial charge is 0.315 e. The van der Waals surface area contributed by atoms with Crippen LogP contribution in [-0.4, -0.2) is 6.03 Å². The first-order chi connectivity index (χ1) is 9.66. The minimum absolute atomic E-state index is 0.222. The van der Waals surface area contributed by atoms with E-state index in [9.17, 15) is 4.79 Å². The molecular formula is C15H14BrClN2O. The lowest BCUT2D eigenvalue weighted by Gasteiger charge is -2.09. The number of carbonyl (C=O) groups excluding carboxylic acids is 1. The first-order valence-corrected chi connectivity index (χ1v) is 7.32. The maximum absolute atomic E-state index is 11.7. The van der Waals surface area contributed by atoms with Gasteiger partial charge in [-0.2, -0.15) is 0 Å². The molecular weight excluding hydrogens is 340 g/mol. The van der Waals surface area contributed by atoms with Gasteiger partial charge in [-0.3, -0.25) is 0 Å². The molecule has 2 N–H and O–H groups in total. The minimum Gasteiger partial charge on any atom is -0.334 e. The van der Waals surface area contributed by atoms with Gasteiger partial charge in [0.2, 0.25) is 0 Å². The van der Waals surface area contributed by atoms with Crippen molar-refractivity contribution in [2.75, 3.05) is 0 Å². The number of urea groups is 1. The van der Waals surface area contributed by atoms with Crippen molar-refractivity contribution in [2.45, 2.75) is 13.1 Å². The molecule has 0 atom stereocenters. The van der Waals surface area contributed by atoms with Gasteiger partial charge in [-0.15, -0.1) is 0 Å². The fraction of sp³-hybridized carbons (Fsp3) is 0.133. The van der Waals surface area contributed by atoms with Crippen molar-refractivity contribution >= 4 is 33.6 Å². The Kier molecular flexibility index (Phi) is 5.44. The van der Waals surface area contributed by atoms with E-state index < -0.39 is 0 Å². The highest BCUT2D eigenvalue weighted by Crippen LogP contribution is 2.15. The molecule has 3 nitrogen and oxygen atoms in total. The Labute approximate surface area is 131 Å². The van der Waals surface area contributed by atoms with E-state index in [2.05, 4.69) is 26.6 Å². The van der Waals surface area contributed by atoms with E-state index >= 15 is 0 Å². The van der Waals surface area contributed by atoms with Crippen molar-refractivity contribution in [1.82, 2.24) is 10.6 Å². The maximum Gasteiger partial charge on any atom is 0.315 e. The van der Waals surface area contributed by atoms with Gasteiger partial charge in [-0.25, -0.2) is 4.79 Å². The number of amides is 2. The van der Waals surface area contributed by atoms with Crippen molar-refractivity contribution in [3.63, 3.8) is 0 Å². The summed E-state index contributed by atoms with van der Waals surface area (Å²) < 4.78 is 0.978. The third kappa shape index (κ3) is 4.25. The average Bonchev–Trinajstić information content (AvgIpc) is 2.45. The van der Waals surface area contributed by atoms with Gasteiger partial charge in [0.1, 0.15) is 0 Å². The van der Waals surface area contributed by atoms with Crippen molar-refractivity contribution < 1.29 is 4.79 Å². The second-order valence-electron chi connectivity index (χ2n) is 4.22. The van der Waals surface area contributed by atoms with Gasteiger partial charge < -0.3 is 10.6 Å². The van der Waals surface area contributed by atoms with Gasteiger partial charge in [0.25, 0.3) is 0 Å². The van der Waals surface area contributed by atoms with Crippen molar-refractivity contribution in [1.29, 1.82) is 0 Å². The molecule has 5 heteroatoms. The van der Waals surface area contributed by atoms with Crippen molar-refractivity contribution in [3.05, 3.63) is 69.2 Å². The van der Waals surface area contributed by atoms with Gasteiger partial charge in [-0.05, 0) is 23.3 Å². The Morgan fingerprint density at radius 1 is 0.950 bits per heavy atom. The standard InChI is InChI=1S/C15H14BrClN2O/c16-13-7-3-1-5-11(13)9-18-15(20)19-10-12-6-2-4-8-14(12)17/h1-8H,9-10H2,(H2,18,19,20). The van der Waals surface area contributed by atoms with E-state index in [4.69, 9.17) is 11.6 Å². The molecule has 0 fully saturated rings. The molecule has 2 rings (SSSR count). The van der Waals surface area contributed by atoms with E-state index in [1.54, 1.807) is 6.07 Å². The number of hydrogen-bond donors (Lipinski definition) is 2. The number of hydrogen-bond acceptors (Lipinski definition) is 1. The molecule has 20 heavy (non-hydrogen) atoms. The molecule has 0 aliphatic carbocycles. The lowest BCUT2D eigenvalue weighted by Crippen LogP contribution is -2.34. The Hall–Kier alpha value is -1.52. The number of halogens is 2. The van der Waals surface area contributed by atoms with Crippen LogP contribution in [0.3, 0.4) is 0 Å². The molecule has 2 aromatic rings. The van der Waals surface area contributed by atoms with Gasteiger partial charge in [0.05, 0.1) is 0 Å². The van der Waals surface area contributed by atoms with Gasteiger partial charge in [-0.1, -0.05) is 63.9 Å². The maximum atomic E-state index is 11.7. The Morgan fingerprint density at radius 2 is 1.50 bits per heavy atom. The molecule has 2 aromatic carbocycles. The summed E-state index contributed by atoms with van der Waals surface area (Å²) >= 11 is 9.47. The highest BCUT2D eigenvalue weighted by molar-refractivity contribution is 9.10. The largest absolute Gasteiger partial charge is 0.334 e. The van der Waals surface area contributed by atoms with Crippen LogP contribution in [0.4, 0.5) is 4.79 Å². The van der Waals surface area contributed by atoms with Crippen LogP contribution in [-0.2, 0) is 13.1 Å². The quantitative estimate of drug-likeness (QED) is 0.853. The zero-order valence-electron chi connectivity index (χ0n) is 10.7. The summed E-state index contributed by atoms with van der Waals surface area (Å²) in [7, 11) is 0. The average molecular weight is 354 g/mol.